The Morgan fingerprint density at radius 1 is 1.17 bits per heavy atom. The Hall–Kier alpha value is -1.77. The second kappa shape index (κ2) is 8.34. The van der Waals surface area contributed by atoms with Crippen molar-refractivity contribution in [2.45, 2.75) is 13.0 Å². The summed E-state index contributed by atoms with van der Waals surface area (Å²) in [6.07, 6.45) is 0. The van der Waals surface area contributed by atoms with Gasteiger partial charge in [-0.3, -0.25) is 19.2 Å². The minimum Gasteiger partial charge on any atom is -0.369 e. The molecule has 0 aliphatic rings. The van der Waals surface area contributed by atoms with Crippen molar-refractivity contribution in [3.8, 4) is 0 Å². The van der Waals surface area contributed by atoms with Crippen molar-refractivity contribution >= 4 is 35.4 Å². The summed E-state index contributed by atoms with van der Waals surface area (Å²) in [4.78, 5) is 43.6. The van der Waals surface area contributed by atoms with Crippen molar-refractivity contribution in [1.82, 2.24) is 10.6 Å². The van der Waals surface area contributed by atoms with Crippen LogP contribution in [-0.2, 0) is 19.2 Å². The molecule has 0 aliphatic carbocycles. The van der Waals surface area contributed by atoms with Crippen LogP contribution >= 0.6 is 11.8 Å². The van der Waals surface area contributed by atoms with Gasteiger partial charge in [0.25, 0.3) is 0 Å². The quantitative estimate of drug-likeness (QED) is 0.381. The van der Waals surface area contributed by atoms with Gasteiger partial charge in [-0.05, 0) is 0 Å². The Bertz CT molecular complexity index is 347. The van der Waals surface area contributed by atoms with Crippen LogP contribution in [0.15, 0.2) is 0 Å². The number of hydrogen-bond acceptors (Lipinski definition) is 5. The lowest BCUT2D eigenvalue weighted by atomic mass is 10.3. The second-order valence-corrected chi connectivity index (χ2v) is 4.45. The molecule has 102 valence electrons. The highest BCUT2D eigenvalue weighted by molar-refractivity contribution is 8.00. The molecule has 0 aliphatic heterocycles. The van der Waals surface area contributed by atoms with E-state index in [-0.39, 0.29) is 18.1 Å². The number of rotatable bonds is 8. The number of amides is 4. The monoisotopic (exact) mass is 276 g/mol. The number of thioether (sulfide) groups is 1. The summed E-state index contributed by atoms with van der Waals surface area (Å²) in [5.74, 6) is -1.92. The van der Waals surface area contributed by atoms with Gasteiger partial charge in [-0.15, -0.1) is 11.8 Å². The average Bonchev–Trinajstić information content (AvgIpc) is 2.23. The first-order chi connectivity index (χ1) is 8.32. The standard InChI is InChI=1S/C9H16N4O4S/c1-5(14)13-6(3-18-4-8(11)16)9(17)12-2-7(10)15/h6H,2-4H2,1H3,(H2,10,15)(H2,11,16)(H,12,17)(H,13,14). The van der Waals surface area contributed by atoms with E-state index in [2.05, 4.69) is 10.6 Å². The third-order valence-corrected chi connectivity index (χ3v) is 2.72. The molecule has 0 aromatic carbocycles. The lowest BCUT2D eigenvalue weighted by Gasteiger charge is -2.16. The Morgan fingerprint density at radius 3 is 2.22 bits per heavy atom. The maximum Gasteiger partial charge on any atom is 0.243 e. The Labute approximate surface area is 108 Å². The zero-order chi connectivity index (χ0) is 14.1. The van der Waals surface area contributed by atoms with Gasteiger partial charge in [0.15, 0.2) is 0 Å². The van der Waals surface area contributed by atoms with E-state index in [1.807, 2.05) is 0 Å². The van der Waals surface area contributed by atoms with E-state index in [9.17, 15) is 19.2 Å². The molecule has 0 spiro atoms. The summed E-state index contributed by atoms with van der Waals surface area (Å²) in [6, 6.07) is -0.841. The summed E-state index contributed by atoms with van der Waals surface area (Å²) in [6.45, 7) is 0.947. The van der Waals surface area contributed by atoms with Gasteiger partial charge in [0, 0.05) is 12.7 Å². The molecule has 0 fully saturated rings. The summed E-state index contributed by atoms with van der Waals surface area (Å²) in [5, 5.41) is 4.67. The zero-order valence-electron chi connectivity index (χ0n) is 9.89. The van der Waals surface area contributed by atoms with Gasteiger partial charge in [-0.25, -0.2) is 0 Å². The number of nitrogens with two attached hydrogens (primary N) is 2. The molecule has 4 amide bonds. The highest BCUT2D eigenvalue weighted by atomic mass is 32.2. The Morgan fingerprint density at radius 2 is 1.78 bits per heavy atom. The molecule has 0 saturated heterocycles. The summed E-state index contributed by atoms with van der Waals surface area (Å²) >= 11 is 1.11. The van der Waals surface area contributed by atoms with E-state index >= 15 is 0 Å². The molecule has 0 aromatic heterocycles. The molecule has 18 heavy (non-hydrogen) atoms. The number of nitrogens with one attached hydrogen (secondary N) is 2. The molecule has 0 saturated carbocycles. The number of primary amides is 2. The van der Waals surface area contributed by atoms with Gasteiger partial charge < -0.3 is 22.1 Å². The van der Waals surface area contributed by atoms with Crippen LogP contribution in [0.3, 0.4) is 0 Å². The second-order valence-electron chi connectivity index (χ2n) is 3.42. The van der Waals surface area contributed by atoms with E-state index in [1.54, 1.807) is 0 Å². The average molecular weight is 276 g/mol. The topological polar surface area (TPSA) is 144 Å². The first-order valence-corrected chi connectivity index (χ1v) is 6.17. The molecule has 9 heteroatoms. The zero-order valence-corrected chi connectivity index (χ0v) is 10.7. The maximum absolute atomic E-state index is 11.6. The van der Waals surface area contributed by atoms with Crippen molar-refractivity contribution < 1.29 is 19.2 Å². The molecular weight excluding hydrogens is 260 g/mol. The van der Waals surface area contributed by atoms with Crippen LogP contribution in [0.2, 0.25) is 0 Å². The smallest absolute Gasteiger partial charge is 0.243 e. The lowest BCUT2D eigenvalue weighted by Crippen LogP contribution is -2.49. The molecular formula is C9H16N4O4S. The first kappa shape index (κ1) is 16.2. The van der Waals surface area contributed by atoms with Crippen LogP contribution in [-0.4, -0.2) is 47.7 Å². The summed E-state index contributed by atoms with van der Waals surface area (Å²) in [5.41, 5.74) is 9.82. The van der Waals surface area contributed by atoms with Gasteiger partial charge in [0.1, 0.15) is 6.04 Å². The van der Waals surface area contributed by atoms with Crippen molar-refractivity contribution in [2.24, 2.45) is 11.5 Å². The maximum atomic E-state index is 11.6. The largest absolute Gasteiger partial charge is 0.369 e. The minimum absolute atomic E-state index is 0.0409. The van der Waals surface area contributed by atoms with Gasteiger partial charge in [0.05, 0.1) is 12.3 Å². The van der Waals surface area contributed by atoms with Crippen LogP contribution in [0, 0.1) is 0 Å². The van der Waals surface area contributed by atoms with Crippen LogP contribution in [0.5, 0.6) is 0 Å². The molecule has 0 heterocycles. The Balaban J connectivity index is 4.27. The highest BCUT2D eigenvalue weighted by Crippen LogP contribution is 2.02. The molecule has 0 aromatic rings. The molecule has 6 N–H and O–H groups in total. The molecule has 1 unspecified atom stereocenters. The first-order valence-electron chi connectivity index (χ1n) is 5.02. The van der Waals surface area contributed by atoms with Crippen molar-refractivity contribution in [2.75, 3.05) is 18.1 Å². The predicted octanol–water partition coefficient (Wildman–Crippen LogP) is -2.69. The fourth-order valence-electron chi connectivity index (χ4n) is 1.00. The SMILES string of the molecule is CC(=O)NC(CSCC(N)=O)C(=O)NCC(N)=O. The van der Waals surface area contributed by atoms with E-state index in [4.69, 9.17) is 11.5 Å². The molecule has 0 bridgehead atoms. The lowest BCUT2D eigenvalue weighted by molar-refractivity contribution is -0.128. The van der Waals surface area contributed by atoms with Gasteiger partial charge in [-0.1, -0.05) is 0 Å². The van der Waals surface area contributed by atoms with E-state index in [0.717, 1.165) is 11.8 Å². The number of carbonyl (C=O) groups is 4. The third-order valence-electron chi connectivity index (χ3n) is 1.66. The number of carbonyl (C=O) groups excluding carboxylic acids is 4. The van der Waals surface area contributed by atoms with Crippen molar-refractivity contribution in [3.05, 3.63) is 0 Å². The van der Waals surface area contributed by atoms with Crippen molar-refractivity contribution in [3.63, 3.8) is 0 Å². The molecule has 1 atom stereocenters. The van der Waals surface area contributed by atoms with E-state index in [0.29, 0.717) is 0 Å². The van der Waals surface area contributed by atoms with E-state index in [1.165, 1.54) is 6.92 Å². The van der Waals surface area contributed by atoms with E-state index < -0.39 is 29.7 Å². The van der Waals surface area contributed by atoms with Crippen LogP contribution in [0.1, 0.15) is 6.92 Å². The minimum atomic E-state index is -0.841. The Kier molecular flexibility index (Phi) is 7.52. The van der Waals surface area contributed by atoms with Crippen LogP contribution in [0.25, 0.3) is 0 Å². The van der Waals surface area contributed by atoms with Crippen LogP contribution in [0.4, 0.5) is 0 Å². The van der Waals surface area contributed by atoms with Gasteiger partial charge >= 0.3 is 0 Å². The predicted molar refractivity (Wildman–Crippen MR) is 66.3 cm³/mol. The fraction of sp³-hybridized carbons (Fsp3) is 0.556. The van der Waals surface area contributed by atoms with Crippen LogP contribution < -0.4 is 22.1 Å². The summed E-state index contributed by atoms with van der Waals surface area (Å²) in [7, 11) is 0. The van der Waals surface area contributed by atoms with Gasteiger partial charge in [-0.2, -0.15) is 0 Å². The molecule has 0 radical (unpaired) electrons. The molecule has 0 rings (SSSR count). The highest BCUT2D eigenvalue weighted by Gasteiger charge is 2.19. The third kappa shape index (κ3) is 8.39. The van der Waals surface area contributed by atoms with Crippen molar-refractivity contribution in [1.29, 1.82) is 0 Å². The molecule has 8 nitrogen and oxygen atoms in total. The fourth-order valence-corrected chi connectivity index (χ4v) is 1.79. The number of hydrogen-bond donors (Lipinski definition) is 4. The summed E-state index contributed by atoms with van der Waals surface area (Å²) < 4.78 is 0. The van der Waals surface area contributed by atoms with Gasteiger partial charge in [0.2, 0.25) is 23.6 Å². The normalized spacial score (nSPS) is 11.4.